The van der Waals surface area contributed by atoms with Gasteiger partial charge in [0, 0.05) is 11.6 Å². The number of benzene rings is 1. The van der Waals surface area contributed by atoms with E-state index in [1.54, 1.807) is 20.2 Å². The zero-order valence-electron chi connectivity index (χ0n) is 11.6. The summed E-state index contributed by atoms with van der Waals surface area (Å²) in [6.45, 7) is 2.19. The lowest BCUT2D eigenvalue weighted by molar-refractivity contribution is -0.145. The number of likely N-dealkylation sites (N-methyl/N-ethyl adjacent to an activating group) is 1. The molecule has 0 fully saturated rings. The number of carbonyl (C=O) groups excluding carboxylic acids is 1. The van der Waals surface area contributed by atoms with Crippen LogP contribution in [0.4, 0.5) is 0 Å². The first-order valence-corrected chi connectivity index (χ1v) is 6.58. The highest BCUT2D eigenvalue weighted by Crippen LogP contribution is 2.19. The van der Waals surface area contributed by atoms with E-state index in [0.717, 1.165) is 16.9 Å². The van der Waals surface area contributed by atoms with Gasteiger partial charge in [0.05, 0.1) is 12.8 Å². The highest BCUT2D eigenvalue weighted by atomic mass is 16.5. The largest absolute Gasteiger partial charge is 0.465 e. The van der Waals surface area contributed by atoms with Crippen molar-refractivity contribution in [3.8, 4) is 11.3 Å². The Balaban J connectivity index is 2.04. The van der Waals surface area contributed by atoms with Crippen LogP contribution in [0.1, 0.15) is 12.5 Å². The normalized spacial score (nSPS) is 12.1. The predicted molar refractivity (Wildman–Crippen MR) is 75.1 cm³/mol. The molecule has 1 atom stereocenters. The van der Waals surface area contributed by atoms with Gasteiger partial charge >= 0.3 is 5.97 Å². The fourth-order valence-electron chi connectivity index (χ4n) is 1.95. The van der Waals surface area contributed by atoms with E-state index in [1.807, 2.05) is 30.3 Å². The third-order valence-electron chi connectivity index (χ3n) is 3.04. The van der Waals surface area contributed by atoms with Gasteiger partial charge in [0.25, 0.3) is 0 Å². The van der Waals surface area contributed by atoms with Crippen LogP contribution in [-0.4, -0.2) is 30.8 Å². The van der Waals surface area contributed by atoms with Crippen LogP contribution < -0.4 is 5.32 Å². The van der Waals surface area contributed by atoms with Gasteiger partial charge in [-0.2, -0.15) is 0 Å². The lowest BCUT2D eigenvalue weighted by Gasteiger charge is -2.14. The first-order valence-electron chi connectivity index (χ1n) is 6.58. The molecule has 0 saturated heterocycles. The van der Waals surface area contributed by atoms with Crippen LogP contribution in [-0.2, 0) is 16.0 Å². The fourth-order valence-corrected chi connectivity index (χ4v) is 1.95. The molecule has 5 heteroatoms. The van der Waals surface area contributed by atoms with Crippen molar-refractivity contribution in [1.82, 2.24) is 10.5 Å². The highest BCUT2D eigenvalue weighted by Gasteiger charge is 2.17. The number of ether oxygens (including phenoxy) is 1. The standard InChI is InChI=1S/C15H18N2O3/c1-3-19-15(18)13(16-2)10-11-4-6-12(7-5-11)14-8-9-17-20-14/h4-9,13,16H,3,10H2,1-2H3/t13-/m1/s1. The summed E-state index contributed by atoms with van der Waals surface area (Å²) in [5.74, 6) is 0.501. The molecule has 0 spiro atoms. The Bertz CT molecular complexity index is 535. The molecule has 0 aliphatic carbocycles. The minimum Gasteiger partial charge on any atom is -0.465 e. The van der Waals surface area contributed by atoms with E-state index in [9.17, 15) is 4.79 Å². The Labute approximate surface area is 117 Å². The molecule has 1 N–H and O–H groups in total. The molecule has 0 bridgehead atoms. The van der Waals surface area contributed by atoms with Crippen LogP contribution in [0.15, 0.2) is 41.1 Å². The summed E-state index contributed by atoms with van der Waals surface area (Å²) in [7, 11) is 1.75. The van der Waals surface area contributed by atoms with Crippen molar-refractivity contribution >= 4 is 5.97 Å². The third-order valence-corrected chi connectivity index (χ3v) is 3.04. The smallest absolute Gasteiger partial charge is 0.323 e. The molecule has 2 aromatic rings. The number of nitrogens with one attached hydrogen (secondary N) is 1. The van der Waals surface area contributed by atoms with Crippen molar-refractivity contribution in [3.05, 3.63) is 42.1 Å². The molecule has 2 rings (SSSR count). The first-order chi connectivity index (χ1) is 9.74. The van der Waals surface area contributed by atoms with Crippen LogP contribution in [0.5, 0.6) is 0 Å². The van der Waals surface area contributed by atoms with Crippen molar-refractivity contribution < 1.29 is 14.1 Å². The van der Waals surface area contributed by atoms with E-state index in [-0.39, 0.29) is 12.0 Å². The van der Waals surface area contributed by atoms with E-state index >= 15 is 0 Å². The topological polar surface area (TPSA) is 64.4 Å². The van der Waals surface area contributed by atoms with Crippen LogP contribution in [0, 0.1) is 0 Å². The lowest BCUT2D eigenvalue weighted by Crippen LogP contribution is -2.37. The van der Waals surface area contributed by atoms with Gasteiger partial charge in [-0.1, -0.05) is 29.4 Å². The molecule has 5 nitrogen and oxygen atoms in total. The SMILES string of the molecule is CCOC(=O)[C@@H](Cc1ccc(-c2ccno2)cc1)NC. The lowest BCUT2D eigenvalue weighted by atomic mass is 10.0. The molecular formula is C15H18N2O3. The zero-order chi connectivity index (χ0) is 14.4. The minimum atomic E-state index is -0.328. The van der Waals surface area contributed by atoms with Gasteiger partial charge < -0.3 is 14.6 Å². The summed E-state index contributed by atoms with van der Waals surface area (Å²) in [6.07, 6.45) is 2.20. The maximum absolute atomic E-state index is 11.7. The molecule has 1 heterocycles. The Hall–Kier alpha value is -2.14. The number of rotatable bonds is 6. The van der Waals surface area contributed by atoms with Crippen molar-refractivity contribution in [3.63, 3.8) is 0 Å². The van der Waals surface area contributed by atoms with E-state index in [0.29, 0.717) is 13.0 Å². The van der Waals surface area contributed by atoms with Gasteiger partial charge in [0.1, 0.15) is 6.04 Å². The van der Waals surface area contributed by atoms with Gasteiger partial charge in [-0.25, -0.2) is 0 Å². The molecule has 1 aromatic heterocycles. The first kappa shape index (κ1) is 14.3. The average molecular weight is 274 g/mol. The second kappa shape index (κ2) is 6.86. The molecule has 20 heavy (non-hydrogen) atoms. The fraction of sp³-hybridized carbons (Fsp3) is 0.333. The maximum atomic E-state index is 11.7. The maximum Gasteiger partial charge on any atom is 0.323 e. The van der Waals surface area contributed by atoms with Crippen LogP contribution >= 0.6 is 0 Å². The van der Waals surface area contributed by atoms with Gasteiger partial charge in [0.2, 0.25) is 0 Å². The molecular weight excluding hydrogens is 256 g/mol. The molecule has 0 unspecified atom stereocenters. The molecule has 106 valence electrons. The summed E-state index contributed by atoms with van der Waals surface area (Å²) < 4.78 is 10.1. The predicted octanol–water partition coefficient (Wildman–Crippen LogP) is 2.04. The monoisotopic (exact) mass is 274 g/mol. The molecule has 0 amide bonds. The zero-order valence-corrected chi connectivity index (χ0v) is 11.6. The van der Waals surface area contributed by atoms with Crippen LogP contribution in [0.2, 0.25) is 0 Å². The summed E-state index contributed by atoms with van der Waals surface area (Å²) in [5.41, 5.74) is 2.02. The van der Waals surface area contributed by atoms with Gasteiger partial charge in [0.15, 0.2) is 5.76 Å². The Morgan fingerprint density at radius 2 is 2.10 bits per heavy atom. The molecule has 0 aliphatic heterocycles. The summed E-state index contributed by atoms with van der Waals surface area (Å²) in [5, 5.41) is 6.65. The number of esters is 1. The van der Waals surface area contributed by atoms with Gasteiger partial charge in [-0.05, 0) is 26.0 Å². The molecule has 0 saturated carbocycles. The summed E-state index contributed by atoms with van der Waals surface area (Å²) in [6, 6.07) is 9.33. The second-order valence-electron chi connectivity index (χ2n) is 4.37. The van der Waals surface area contributed by atoms with Crippen molar-refractivity contribution in [2.75, 3.05) is 13.7 Å². The Morgan fingerprint density at radius 1 is 1.35 bits per heavy atom. The van der Waals surface area contributed by atoms with E-state index in [1.165, 1.54) is 0 Å². The molecule has 0 radical (unpaired) electrons. The number of hydrogen-bond acceptors (Lipinski definition) is 5. The third kappa shape index (κ3) is 3.45. The van der Waals surface area contributed by atoms with Crippen LogP contribution in [0.3, 0.4) is 0 Å². The quantitative estimate of drug-likeness (QED) is 0.817. The summed E-state index contributed by atoms with van der Waals surface area (Å²) in [4.78, 5) is 11.7. The van der Waals surface area contributed by atoms with Gasteiger partial charge in [-0.15, -0.1) is 0 Å². The number of aromatic nitrogens is 1. The highest BCUT2D eigenvalue weighted by molar-refractivity contribution is 5.76. The number of carbonyl (C=O) groups is 1. The Morgan fingerprint density at radius 3 is 2.65 bits per heavy atom. The number of hydrogen-bond donors (Lipinski definition) is 1. The average Bonchev–Trinajstić information content (AvgIpc) is 3.00. The van der Waals surface area contributed by atoms with E-state index in [2.05, 4.69) is 10.5 Å². The summed E-state index contributed by atoms with van der Waals surface area (Å²) >= 11 is 0. The van der Waals surface area contributed by atoms with E-state index < -0.39 is 0 Å². The second-order valence-corrected chi connectivity index (χ2v) is 4.37. The van der Waals surface area contributed by atoms with Crippen LogP contribution in [0.25, 0.3) is 11.3 Å². The molecule has 0 aliphatic rings. The van der Waals surface area contributed by atoms with Crippen molar-refractivity contribution in [1.29, 1.82) is 0 Å². The number of nitrogens with zero attached hydrogens (tertiary/aromatic N) is 1. The minimum absolute atomic E-state index is 0.227. The Kier molecular flexibility index (Phi) is 4.90. The van der Waals surface area contributed by atoms with Crippen molar-refractivity contribution in [2.45, 2.75) is 19.4 Å². The van der Waals surface area contributed by atoms with Gasteiger partial charge in [-0.3, -0.25) is 4.79 Å². The van der Waals surface area contributed by atoms with E-state index in [4.69, 9.17) is 9.26 Å². The van der Waals surface area contributed by atoms with Crippen molar-refractivity contribution in [2.24, 2.45) is 0 Å². The molecule has 1 aromatic carbocycles.